The van der Waals surface area contributed by atoms with Crippen molar-refractivity contribution in [2.45, 2.75) is 18.9 Å². The molecule has 12 heteroatoms. The summed E-state index contributed by atoms with van der Waals surface area (Å²) in [6, 6.07) is 7.35. The lowest BCUT2D eigenvalue weighted by Crippen LogP contribution is -2.50. The molecule has 0 radical (unpaired) electrons. The Morgan fingerprint density at radius 1 is 0.897 bits per heavy atom. The van der Waals surface area contributed by atoms with Gasteiger partial charge in [-0.3, -0.25) is 4.90 Å². The van der Waals surface area contributed by atoms with Gasteiger partial charge in [0.25, 0.3) is 0 Å². The molecular formula is C27H39N7O5. The highest BCUT2D eigenvalue weighted by atomic mass is 16.5. The van der Waals surface area contributed by atoms with Crippen LogP contribution in [0.3, 0.4) is 0 Å². The van der Waals surface area contributed by atoms with E-state index in [2.05, 4.69) is 36.3 Å². The topological polar surface area (TPSA) is 105 Å². The van der Waals surface area contributed by atoms with Crippen LogP contribution in [-0.4, -0.2) is 119 Å². The molecule has 1 aromatic heterocycles. The number of rotatable bonds is 8. The molecule has 3 saturated heterocycles. The minimum atomic E-state index is -0.177. The number of methoxy groups -OCH3 is 3. The van der Waals surface area contributed by atoms with Crippen LogP contribution in [0.15, 0.2) is 24.3 Å². The second kappa shape index (κ2) is 12.6. The molecule has 212 valence electrons. The van der Waals surface area contributed by atoms with Crippen molar-refractivity contribution in [1.29, 1.82) is 0 Å². The predicted molar refractivity (Wildman–Crippen MR) is 149 cm³/mol. The third-order valence-electron chi connectivity index (χ3n) is 7.63. The monoisotopic (exact) mass is 541 g/mol. The van der Waals surface area contributed by atoms with Gasteiger partial charge in [0.2, 0.25) is 5.75 Å². The predicted octanol–water partition coefficient (Wildman–Crippen LogP) is 2.16. The highest BCUT2D eigenvalue weighted by Gasteiger charge is 2.25. The summed E-state index contributed by atoms with van der Waals surface area (Å²) in [6.07, 6.45) is 2.76. The normalized spacial score (nSPS) is 20.2. The van der Waals surface area contributed by atoms with Gasteiger partial charge < -0.3 is 39.0 Å². The van der Waals surface area contributed by atoms with E-state index in [1.54, 1.807) is 38.4 Å². The van der Waals surface area contributed by atoms with Crippen LogP contribution in [0, 0.1) is 0 Å². The van der Waals surface area contributed by atoms with Crippen LogP contribution in [-0.2, 0) is 4.74 Å². The Morgan fingerprint density at radius 2 is 1.49 bits per heavy atom. The first-order valence-corrected chi connectivity index (χ1v) is 13.6. The van der Waals surface area contributed by atoms with Crippen molar-refractivity contribution in [3.63, 3.8) is 0 Å². The van der Waals surface area contributed by atoms with E-state index in [1.807, 2.05) is 6.07 Å². The standard InChI is InChI=1S/C27H39N7O5/c1-36-22-17-20(18-23(37-2)26(22)38-3)28-27(35)34-14-12-33(13-15-34)25-7-6-24(29-30-25)32-10-8-31(9-11-32)19-21-5-4-16-39-21/h6-7,17-18,21H,4-5,8-16,19H2,1-3H3,(H,28,35). The maximum atomic E-state index is 12.9. The first kappa shape index (κ1) is 27.1. The van der Waals surface area contributed by atoms with Crippen molar-refractivity contribution in [3.05, 3.63) is 24.3 Å². The van der Waals surface area contributed by atoms with E-state index in [4.69, 9.17) is 18.9 Å². The van der Waals surface area contributed by atoms with Crippen molar-refractivity contribution >= 4 is 23.4 Å². The number of benzene rings is 1. The molecule has 39 heavy (non-hydrogen) atoms. The lowest BCUT2D eigenvalue weighted by Gasteiger charge is -2.37. The molecule has 1 unspecified atom stereocenters. The number of anilines is 3. The van der Waals surface area contributed by atoms with Gasteiger partial charge in [0.05, 0.1) is 33.1 Å². The molecule has 0 aliphatic carbocycles. The van der Waals surface area contributed by atoms with Crippen LogP contribution in [0.25, 0.3) is 0 Å². The summed E-state index contributed by atoms with van der Waals surface area (Å²) >= 11 is 0. The van der Waals surface area contributed by atoms with Crippen LogP contribution in [0.2, 0.25) is 0 Å². The quantitative estimate of drug-likeness (QED) is 0.535. The maximum Gasteiger partial charge on any atom is 0.321 e. The van der Waals surface area contributed by atoms with Crippen molar-refractivity contribution in [2.24, 2.45) is 0 Å². The van der Waals surface area contributed by atoms with E-state index in [0.29, 0.717) is 55.2 Å². The molecule has 3 aliphatic heterocycles. The van der Waals surface area contributed by atoms with Crippen LogP contribution in [0.1, 0.15) is 12.8 Å². The summed E-state index contributed by atoms with van der Waals surface area (Å²) in [6.45, 7) is 8.37. The number of urea groups is 1. The average Bonchev–Trinajstić information content (AvgIpc) is 3.50. The van der Waals surface area contributed by atoms with Gasteiger partial charge in [-0.2, -0.15) is 0 Å². The minimum Gasteiger partial charge on any atom is -0.493 e. The SMILES string of the molecule is COc1cc(NC(=O)N2CCN(c3ccc(N4CCN(CC5CCCO5)CC4)nn3)CC2)cc(OC)c1OC. The molecular weight excluding hydrogens is 502 g/mol. The first-order valence-electron chi connectivity index (χ1n) is 13.6. The van der Waals surface area contributed by atoms with E-state index < -0.39 is 0 Å². The minimum absolute atomic E-state index is 0.177. The number of hydrogen-bond donors (Lipinski definition) is 1. The van der Waals surface area contributed by atoms with Crippen LogP contribution in [0.5, 0.6) is 17.2 Å². The number of nitrogens with zero attached hydrogens (tertiary/aromatic N) is 6. The highest BCUT2D eigenvalue weighted by molar-refractivity contribution is 5.90. The Bertz CT molecular complexity index is 1070. The fraction of sp³-hybridized carbons (Fsp3) is 0.593. The van der Waals surface area contributed by atoms with Gasteiger partial charge in [-0.25, -0.2) is 4.79 Å². The maximum absolute atomic E-state index is 12.9. The lowest BCUT2D eigenvalue weighted by atomic mass is 10.2. The number of ether oxygens (including phenoxy) is 4. The molecule has 3 aliphatic rings. The van der Waals surface area contributed by atoms with Gasteiger partial charge in [-0.1, -0.05) is 0 Å². The molecule has 12 nitrogen and oxygen atoms in total. The summed E-state index contributed by atoms with van der Waals surface area (Å²) in [5.41, 5.74) is 0.575. The highest BCUT2D eigenvalue weighted by Crippen LogP contribution is 2.40. The summed E-state index contributed by atoms with van der Waals surface area (Å²) < 4.78 is 21.9. The van der Waals surface area contributed by atoms with Gasteiger partial charge >= 0.3 is 6.03 Å². The van der Waals surface area contributed by atoms with E-state index in [0.717, 1.165) is 51.0 Å². The molecule has 1 atom stereocenters. The van der Waals surface area contributed by atoms with E-state index in [1.165, 1.54) is 12.8 Å². The van der Waals surface area contributed by atoms with Gasteiger partial charge in [-0.15, -0.1) is 10.2 Å². The summed E-state index contributed by atoms with van der Waals surface area (Å²) in [7, 11) is 4.64. The largest absolute Gasteiger partial charge is 0.493 e. The number of aromatic nitrogens is 2. The average molecular weight is 542 g/mol. The molecule has 0 bridgehead atoms. The zero-order chi connectivity index (χ0) is 27.2. The number of hydrogen-bond acceptors (Lipinski definition) is 10. The van der Waals surface area contributed by atoms with Gasteiger partial charge in [0.1, 0.15) is 0 Å². The fourth-order valence-corrected chi connectivity index (χ4v) is 5.39. The van der Waals surface area contributed by atoms with Crippen molar-refractivity contribution < 1.29 is 23.7 Å². The first-order chi connectivity index (χ1) is 19.1. The molecule has 2 aromatic rings. The molecule has 0 saturated carbocycles. The van der Waals surface area contributed by atoms with E-state index in [9.17, 15) is 4.79 Å². The van der Waals surface area contributed by atoms with Crippen LogP contribution in [0.4, 0.5) is 22.1 Å². The Balaban J connectivity index is 1.10. The number of piperazine rings is 2. The zero-order valence-corrected chi connectivity index (χ0v) is 23.1. The van der Waals surface area contributed by atoms with Crippen molar-refractivity contribution in [3.8, 4) is 17.2 Å². The van der Waals surface area contributed by atoms with Gasteiger partial charge in [0, 0.05) is 77.6 Å². The lowest BCUT2D eigenvalue weighted by molar-refractivity contribution is 0.0712. The zero-order valence-electron chi connectivity index (χ0n) is 23.1. The Morgan fingerprint density at radius 3 is 1.97 bits per heavy atom. The van der Waals surface area contributed by atoms with Gasteiger partial charge in [0.15, 0.2) is 23.1 Å². The van der Waals surface area contributed by atoms with E-state index >= 15 is 0 Å². The summed E-state index contributed by atoms with van der Waals surface area (Å²) in [5.74, 6) is 3.20. The molecule has 1 aromatic carbocycles. The molecule has 4 heterocycles. The molecule has 1 N–H and O–H groups in total. The molecule has 0 spiro atoms. The Hall–Kier alpha value is -3.51. The van der Waals surface area contributed by atoms with Gasteiger partial charge in [-0.05, 0) is 25.0 Å². The van der Waals surface area contributed by atoms with Crippen LogP contribution >= 0.6 is 0 Å². The number of carbonyl (C=O) groups is 1. The molecule has 3 fully saturated rings. The second-order valence-electron chi connectivity index (χ2n) is 9.99. The Labute approximate surface area is 229 Å². The summed E-state index contributed by atoms with van der Waals surface area (Å²) in [5, 5.41) is 12.0. The van der Waals surface area contributed by atoms with Crippen molar-refractivity contribution in [2.75, 3.05) is 102 Å². The molecule has 5 rings (SSSR count). The van der Waals surface area contributed by atoms with E-state index in [-0.39, 0.29) is 6.03 Å². The number of nitrogens with one attached hydrogen (secondary N) is 1. The fourth-order valence-electron chi connectivity index (χ4n) is 5.39. The molecule has 2 amide bonds. The van der Waals surface area contributed by atoms with Crippen LogP contribution < -0.4 is 29.3 Å². The number of carbonyl (C=O) groups excluding carboxylic acids is 1. The van der Waals surface area contributed by atoms with Crippen molar-refractivity contribution in [1.82, 2.24) is 20.0 Å². The third kappa shape index (κ3) is 6.39. The second-order valence-corrected chi connectivity index (χ2v) is 9.99. The third-order valence-corrected chi connectivity index (χ3v) is 7.63. The smallest absolute Gasteiger partial charge is 0.321 e. The number of amides is 2. The Kier molecular flexibility index (Phi) is 8.72. The summed E-state index contributed by atoms with van der Waals surface area (Å²) in [4.78, 5) is 21.7.